The van der Waals surface area contributed by atoms with E-state index in [4.69, 9.17) is 16.3 Å². The van der Waals surface area contributed by atoms with Crippen molar-refractivity contribution in [3.05, 3.63) is 34.9 Å². The summed E-state index contributed by atoms with van der Waals surface area (Å²) in [6, 6.07) is 8.33. The molecule has 0 amide bonds. The summed E-state index contributed by atoms with van der Waals surface area (Å²) < 4.78 is 5.11. The number of benzene rings is 1. The van der Waals surface area contributed by atoms with E-state index in [1.807, 2.05) is 12.1 Å². The summed E-state index contributed by atoms with van der Waals surface area (Å²) >= 11 is 6.43. The Bertz CT molecular complexity index is 388. The molecule has 1 N–H and O–H groups in total. The van der Waals surface area contributed by atoms with E-state index < -0.39 is 0 Å². The topological polar surface area (TPSA) is 21.3 Å². The Morgan fingerprint density at radius 2 is 1.95 bits per heavy atom. The molecule has 0 aliphatic heterocycles. The third kappa shape index (κ3) is 3.71. The van der Waals surface area contributed by atoms with Gasteiger partial charge in [-0.2, -0.15) is 0 Å². The second-order valence-corrected chi connectivity index (χ2v) is 5.90. The highest BCUT2D eigenvalue weighted by Crippen LogP contribution is 2.41. The number of nitrogens with one attached hydrogen (secondary N) is 1. The molecular formula is C16H24ClNO. The molecule has 1 saturated carbocycles. The predicted molar refractivity (Wildman–Crippen MR) is 81.0 cm³/mol. The van der Waals surface area contributed by atoms with Crippen LogP contribution in [-0.4, -0.2) is 26.8 Å². The van der Waals surface area contributed by atoms with Crippen LogP contribution < -0.4 is 5.32 Å². The number of hydrogen-bond acceptors (Lipinski definition) is 2. The van der Waals surface area contributed by atoms with E-state index in [1.165, 1.54) is 37.7 Å². The molecule has 0 heterocycles. The van der Waals surface area contributed by atoms with E-state index in [0.717, 1.165) is 24.7 Å². The fraction of sp³-hybridized carbons (Fsp3) is 0.625. The molecule has 2 nitrogen and oxygen atoms in total. The molecule has 1 fully saturated rings. The second-order valence-electron chi connectivity index (χ2n) is 5.49. The highest BCUT2D eigenvalue weighted by molar-refractivity contribution is 6.31. The van der Waals surface area contributed by atoms with Gasteiger partial charge in [0.05, 0.1) is 6.61 Å². The average Bonchev–Trinajstić information content (AvgIpc) is 2.45. The van der Waals surface area contributed by atoms with Gasteiger partial charge in [-0.1, -0.05) is 49.1 Å². The van der Waals surface area contributed by atoms with Crippen LogP contribution >= 0.6 is 11.6 Å². The molecule has 0 saturated heterocycles. The van der Waals surface area contributed by atoms with Gasteiger partial charge in [0.1, 0.15) is 0 Å². The first-order chi connectivity index (χ1) is 9.28. The van der Waals surface area contributed by atoms with E-state index >= 15 is 0 Å². The predicted octanol–water partition coefficient (Wildman–Crippen LogP) is 3.78. The maximum absolute atomic E-state index is 6.43. The van der Waals surface area contributed by atoms with Crippen LogP contribution in [0.1, 0.15) is 37.7 Å². The summed E-state index contributed by atoms with van der Waals surface area (Å²) in [5, 5.41) is 4.45. The fourth-order valence-electron chi connectivity index (χ4n) is 3.16. The Morgan fingerprint density at radius 3 is 2.63 bits per heavy atom. The summed E-state index contributed by atoms with van der Waals surface area (Å²) in [7, 11) is 1.74. The van der Waals surface area contributed by atoms with E-state index in [2.05, 4.69) is 17.4 Å². The van der Waals surface area contributed by atoms with Crippen LogP contribution in [-0.2, 0) is 10.2 Å². The highest BCUT2D eigenvalue weighted by atomic mass is 35.5. The van der Waals surface area contributed by atoms with Gasteiger partial charge in [0.15, 0.2) is 0 Å². The fourth-order valence-corrected chi connectivity index (χ4v) is 3.50. The Kier molecular flexibility index (Phi) is 5.68. The van der Waals surface area contributed by atoms with Crippen molar-refractivity contribution in [1.29, 1.82) is 0 Å². The first-order valence-electron chi connectivity index (χ1n) is 7.23. The van der Waals surface area contributed by atoms with Crippen molar-refractivity contribution in [2.75, 3.05) is 26.8 Å². The summed E-state index contributed by atoms with van der Waals surface area (Å²) in [4.78, 5) is 0. The minimum absolute atomic E-state index is 0.213. The quantitative estimate of drug-likeness (QED) is 0.802. The molecular weight excluding hydrogens is 258 g/mol. The maximum atomic E-state index is 6.43. The van der Waals surface area contributed by atoms with Gasteiger partial charge in [0.25, 0.3) is 0 Å². The highest BCUT2D eigenvalue weighted by Gasteiger charge is 2.34. The molecule has 0 spiro atoms. The number of methoxy groups -OCH3 is 1. The third-order valence-electron chi connectivity index (χ3n) is 4.20. The number of halogens is 1. The van der Waals surface area contributed by atoms with E-state index in [0.29, 0.717) is 0 Å². The Morgan fingerprint density at radius 1 is 1.21 bits per heavy atom. The van der Waals surface area contributed by atoms with Crippen molar-refractivity contribution in [3.8, 4) is 0 Å². The Balaban J connectivity index is 2.12. The molecule has 0 atom stereocenters. The summed E-state index contributed by atoms with van der Waals surface area (Å²) in [5.74, 6) is 0. The lowest BCUT2D eigenvalue weighted by molar-refractivity contribution is 0.192. The largest absolute Gasteiger partial charge is 0.383 e. The first-order valence-corrected chi connectivity index (χ1v) is 7.61. The number of hydrogen-bond donors (Lipinski definition) is 1. The monoisotopic (exact) mass is 281 g/mol. The zero-order valence-corrected chi connectivity index (χ0v) is 12.5. The van der Waals surface area contributed by atoms with Gasteiger partial charge in [0.2, 0.25) is 0 Å². The molecule has 106 valence electrons. The first kappa shape index (κ1) is 14.8. The molecule has 0 unspecified atom stereocenters. The normalized spacial score (nSPS) is 18.4. The van der Waals surface area contributed by atoms with E-state index in [9.17, 15) is 0 Å². The van der Waals surface area contributed by atoms with Crippen molar-refractivity contribution >= 4 is 11.6 Å². The zero-order chi connectivity index (χ0) is 13.6. The van der Waals surface area contributed by atoms with Gasteiger partial charge < -0.3 is 10.1 Å². The molecule has 3 heteroatoms. The minimum Gasteiger partial charge on any atom is -0.383 e. The summed E-state index contributed by atoms with van der Waals surface area (Å²) in [5.41, 5.74) is 1.53. The van der Waals surface area contributed by atoms with Crippen LogP contribution in [0.5, 0.6) is 0 Å². The van der Waals surface area contributed by atoms with Crippen molar-refractivity contribution in [2.24, 2.45) is 0 Å². The van der Waals surface area contributed by atoms with Gasteiger partial charge in [-0.05, 0) is 24.5 Å². The van der Waals surface area contributed by atoms with Crippen molar-refractivity contribution in [1.82, 2.24) is 5.32 Å². The van der Waals surface area contributed by atoms with Crippen LogP contribution in [0.2, 0.25) is 5.02 Å². The number of ether oxygens (including phenoxy) is 1. The van der Waals surface area contributed by atoms with Crippen LogP contribution in [0.25, 0.3) is 0 Å². The maximum Gasteiger partial charge on any atom is 0.0587 e. The Labute approximate surface area is 121 Å². The van der Waals surface area contributed by atoms with Crippen LogP contribution in [0.4, 0.5) is 0 Å². The van der Waals surface area contributed by atoms with Crippen molar-refractivity contribution < 1.29 is 4.74 Å². The molecule has 0 bridgehead atoms. The molecule has 1 aromatic rings. The van der Waals surface area contributed by atoms with Crippen LogP contribution in [0.3, 0.4) is 0 Å². The van der Waals surface area contributed by atoms with Gasteiger partial charge in [0, 0.05) is 30.6 Å². The molecule has 19 heavy (non-hydrogen) atoms. The summed E-state index contributed by atoms with van der Waals surface area (Å²) in [6.45, 7) is 2.67. The number of rotatable bonds is 6. The van der Waals surface area contributed by atoms with Gasteiger partial charge >= 0.3 is 0 Å². The minimum atomic E-state index is 0.213. The van der Waals surface area contributed by atoms with Crippen molar-refractivity contribution in [2.45, 2.75) is 37.5 Å². The molecule has 1 aliphatic rings. The zero-order valence-electron chi connectivity index (χ0n) is 11.8. The lowest BCUT2D eigenvalue weighted by Crippen LogP contribution is -2.41. The lowest BCUT2D eigenvalue weighted by Gasteiger charge is -2.38. The van der Waals surface area contributed by atoms with Gasteiger partial charge in [-0.3, -0.25) is 0 Å². The van der Waals surface area contributed by atoms with Crippen LogP contribution in [0, 0.1) is 0 Å². The van der Waals surface area contributed by atoms with Crippen molar-refractivity contribution in [3.63, 3.8) is 0 Å². The smallest absolute Gasteiger partial charge is 0.0587 e. The Hall–Kier alpha value is -0.570. The molecule has 2 rings (SSSR count). The molecule has 1 aliphatic carbocycles. The standard InChI is InChI=1S/C16H24ClNO/c1-19-12-11-18-13-16(9-5-2-6-10-16)14-7-3-4-8-15(14)17/h3-4,7-8,18H,2,5-6,9-13H2,1H3. The van der Waals surface area contributed by atoms with Gasteiger partial charge in [-0.25, -0.2) is 0 Å². The molecule has 1 aromatic carbocycles. The molecule has 0 radical (unpaired) electrons. The SMILES string of the molecule is COCCNCC1(c2ccccc2Cl)CCCCC1. The second kappa shape index (κ2) is 7.28. The third-order valence-corrected chi connectivity index (χ3v) is 4.53. The van der Waals surface area contributed by atoms with E-state index in [1.54, 1.807) is 7.11 Å². The van der Waals surface area contributed by atoms with E-state index in [-0.39, 0.29) is 5.41 Å². The lowest BCUT2D eigenvalue weighted by atomic mass is 9.69. The van der Waals surface area contributed by atoms with Gasteiger partial charge in [-0.15, -0.1) is 0 Å². The summed E-state index contributed by atoms with van der Waals surface area (Å²) in [6.07, 6.45) is 6.42. The average molecular weight is 282 g/mol. The molecule has 0 aromatic heterocycles. The van der Waals surface area contributed by atoms with Crippen LogP contribution in [0.15, 0.2) is 24.3 Å².